The molecule has 1 heterocycles. The van der Waals surface area contributed by atoms with Crippen LogP contribution >= 0.6 is 11.8 Å². The van der Waals surface area contributed by atoms with E-state index in [9.17, 15) is 9.18 Å². The van der Waals surface area contributed by atoms with Gasteiger partial charge in [-0.25, -0.2) is 4.39 Å². The second-order valence-corrected chi connectivity index (χ2v) is 6.24. The van der Waals surface area contributed by atoms with E-state index in [0.29, 0.717) is 6.42 Å². The lowest BCUT2D eigenvalue weighted by Gasteiger charge is -2.26. The summed E-state index contributed by atoms with van der Waals surface area (Å²) < 4.78 is 13.4. The van der Waals surface area contributed by atoms with Gasteiger partial charge >= 0.3 is 0 Å². The molecule has 2 nitrogen and oxygen atoms in total. The highest BCUT2D eigenvalue weighted by Gasteiger charge is 2.22. The molecule has 0 fully saturated rings. The minimum Gasteiger partial charge on any atom is -0.349 e. The van der Waals surface area contributed by atoms with Crippen LogP contribution in [0.25, 0.3) is 0 Å². The molecule has 1 N–H and O–H groups in total. The monoisotopic (exact) mass is 301 g/mol. The summed E-state index contributed by atoms with van der Waals surface area (Å²) in [5.74, 6) is 0.668. The Kier molecular flexibility index (Phi) is 4.25. The van der Waals surface area contributed by atoms with Crippen LogP contribution in [0.2, 0.25) is 0 Å². The largest absolute Gasteiger partial charge is 0.349 e. The second kappa shape index (κ2) is 6.31. The maximum Gasteiger partial charge on any atom is 0.224 e. The van der Waals surface area contributed by atoms with Gasteiger partial charge in [0.25, 0.3) is 0 Å². The molecule has 0 aliphatic carbocycles. The highest BCUT2D eigenvalue weighted by molar-refractivity contribution is 7.99. The van der Waals surface area contributed by atoms with Gasteiger partial charge in [0, 0.05) is 10.6 Å². The topological polar surface area (TPSA) is 29.1 Å². The molecule has 0 saturated heterocycles. The van der Waals surface area contributed by atoms with Crippen LogP contribution in [0.4, 0.5) is 4.39 Å². The molecule has 0 radical (unpaired) electrons. The zero-order valence-corrected chi connectivity index (χ0v) is 12.3. The normalized spacial score (nSPS) is 17.1. The molecule has 1 amide bonds. The number of carbonyl (C=O) groups is 1. The van der Waals surface area contributed by atoms with E-state index < -0.39 is 0 Å². The van der Waals surface area contributed by atoms with Crippen molar-refractivity contribution in [2.24, 2.45) is 0 Å². The first-order valence-electron chi connectivity index (χ1n) is 6.98. The fourth-order valence-corrected chi connectivity index (χ4v) is 3.65. The molecule has 0 aromatic heterocycles. The number of amides is 1. The Morgan fingerprint density at radius 1 is 1.24 bits per heavy atom. The number of hydrogen-bond donors (Lipinski definition) is 1. The van der Waals surface area contributed by atoms with Gasteiger partial charge in [0.2, 0.25) is 5.91 Å². The van der Waals surface area contributed by atoms with Crippen molar-refractivity contribution in [3.63, 3.8) is 0 Å². The lowest BCUT2D eigenvalue weighted by molar-refractivity contribution is -0.121. The average molecular weight is 301 g/mol. The minimum absolute atomic E-state index is 0.0201. The van der Waals surface area contributed by atoms with Crippen molar-refractivity contribution in [2.45, 2.75) is 23.8 Å². The Bertz CT molecular complexity index is 644. The van der Waals surface area contributed by atoms with Crippen molar-refractivity contribution >= 4 is 17.7 Å². The first kappa shape index (κ1) is 14.1. The van der Waals surface area contributed by atoms with Crippen molar-refractivity contribution in [3.05, 3.63) is 65.5 Å². The first-order valence-corrected chi connectivity index (χ1v) is 7.96. The Morgan fingerprint density at radius 3 is 2.86 bits per heavy atom. The number of thioether (sulfide) groups is 1. The van der Waals surface area contributed by atoms with Crippen molar-refractivity contribution in [2.75, 3.05) is 5.75 Å². The van der Waals surface area contributed by atoms with E-state index in [1.54, 1.807) is 17.8 Å². The third kappa shape index (κ3) is 3.45. The Balaban J connectivity index is 1.71. The zero-order chi connectivity index (χ0) is 14.7. The molecular weight excluding hydrogens is 285 g/mol. The molecule has 1 aliphatic heterocycles. The summed E-state index contributed by atoms with van der Waals surface area (Å²) in [6, 6.07) is 14.4. The fraction of sp³-hybridized carbons (Fsp3) is 0.235. The Morgan fingerprint density at radius 2 is 2.05 bits per heavy atom. The molecule has 0 bridgehead atoms. The number of carbonyl (C=O) groups excluding carboxylic acids is 1. The van der Waals surface area contributed by atoms with Gasteiger partial charge in [-0.15, -0.1) is 11.8 Å². The Labute approximate surface area is 127 Å². The van der Waals surface area contributed by atoms with Crippen LogP contribution in [0, 0.1) is 5.82 Å². The standard InChI is InChI=1S/C17H16FNOS/c18-13-6-7-16-14(11-13)15(8-9-21-16)19-17(20)10-12-4-2-1-3-5-12/h1-7,11,15H,8-10H2,(H,19,20). The quantitative estimate of drug-likeness (QED) is 0.936. The van der Waals surface area contributed by atoms with Crippen molar-refractivity contribution in [3.8, 4) is 0 Å². The van der Waals surface area contributed by atoms with E-state index in [1.165, 1.54) is 12.1 Å². The summed E-state index contributed by atoms with van der Waals surface area (Å²) >= 11 is 1.71. The third-order valence-electron chi connectivity index (χ3n) is 3.55. The number of fused-ring (bicyclic) bond motifs is 1. The maximum atomic E-state index is 13.4. The van der Waals surface area contributed by atoms with Crippen molar-refractivity contribution < 1.29 is 9.18 Å². The number of hydrogen-bond acceptors (Lipinski definition) is 2. The fourth-order valence-electron chi connectivity index (χ4n) is 2.54. The van der Waals surface area contributed by atoms with Gasteiger partial charge in [0.05, 0.1) is 12.5 Å². The van der Waals surface area contributed by atoms with Gasteiger partial charge in [-0.3, -0.25) is 4.79 Å². The molecule has 0 saturated carbocycles. The molecule has 1 aliphatic rings. The van der Waals surface area contributed by atoms with Gasteiger partial charge in [-0.1, -0.05) is 30.3 Å². The number of rotatable bonds is 3. The zero-order valence-electron chi connectivity index (χ0n) is 11.5. The van der Waals surface area contributed by atoms with Crippen LogP contribution in [-0.2, 0) is 11.2 Å². The van der Waals surface area contributed by atoms with E-state index in [4.69, 9.17) is 0 Å². The molecule has 3 rings (SSSR count). The summed E-state index contributed by atoms with van der Waals surface area (Å²) in [5, 5.41) is 3.03. The number of nitrogens with one attached hydrogen (secondary N) is 1. The van der Waals surface area contributed by atoms with Crippen LogP contribution in [0.5, 0.6) is 0 Å². The summed E-state index contributed by atoms with van der Waals surface area (Å²) in [7, 11) is 0. The predicted octanol–water partition coefficient (Wildman–Crippen LogP) is 3.72. The summed E-state index contributed by atoms with van der Waals surface area (Å²) in [4.78, 5) is 13.2. The molecule has 1 atom stereocenters. The molecular formula is C17H16FNOS. The van der Waals surface area contributed by atoms with Gasteiger partial charge in [0.1, 0.15) is 5.82 Å². The predicted molar refractivity (Wildman–Crippen MR) is 82.8 cm³/mol. The van der Waals surface area contributed by atoms with Crippen LogP contribution < -0.4 is 5.32 Å². The molecule has 2 aromatic rings. The lowest BCUT2D eigenvalue weighted by atomic mass is 10.0. The molecule has 0 spiro atoms. The van der Waals surface area contributed by atoms with Gasteiger partial charge < -0.3 is 5.32 Å². The minimum atomic E-state index is -0.251. The van der Waals surface area contributed by atoms with Crippen LogP contribution in [0.3, 0.4) is 0 Å². The van der Waals surface area contributed by atoms with Gasteiger partial charge in [-0.05, 0) is 35.7 Å². The van der Waals surface area contributed by atoms with Crippen molar-refractivity contribution in [1.29, 1.82) is 0 Å². The molecule has 21 heavy (non-hydrogen) atoms. The SMILES string of the molecule is O=C(Cc1ccccc1)NC1CCSc2ccc(F)cc21. The highest BCUT2D eigenvalue weighted by Crippen LogP contribution is 2.36. The summed E-state index contributed by atoms with van der Waals surface area (Å²) in [6.07, 6.45) is 1.19. The summed E-state index contributed by atoms with van der Waals surface area (Å²) in [5.41, 5.74) is 1.88. The van der Waals surface area contributed by atoms with Crippen LogP contribution in [0.1, 0.15) is 23.6 Å². The van der Waals surface area contributed by atoms with E-state index in [-0.39, 0.29) is 17.8 Å². The van der Waals surface area contributed by atoms with Crippen LogP contribution in [0.15, 0.2) is 53.4 Å². The van der Waals surface area contributed by atoms with E-state index in [0.717, 1.165) is 28.2 Å². The Hall–Kier alpha value is -1.81. The first-order chi connectivity index (χ1) is 10.2. The molecule has 1 unspecified atom stereocenters. The van der Waals surface area contributed by atoms with Crippen molar-refractivity contribution in [1.82, 2.24) is 5.32 Å². The van der Waals surface area contributed by atoms with E-state index in [1.807, 2.05) is 30.3 Å². The number of benzene rings is 2. The average Bonchev–Trinajstić information content (AvgIpc) is 2.49. The van der Waals surface area contributed by atoms with Gasteiger partial charge in [0.15, 0.2) is 0 Å². The third-order valence-corrected chi connectivity index (χ3v) is 4.68. The second-order valence-electron chi connectivity index (χ2n) is 5.10. The lowest BCUT2D eigenvalue weighted by Crippen LogP contribution is -2.31. The van der Waals surface area contributed by atoms with E-state index in [2.05, 4.69) is 5.32 Å². The number of halogens is 1. The smallest absolute Gasteiger partial charge is 0.224 e. The molecule has 108 valence electrons. The van der Waals surface area contributed by atoms with E-state index >= 15 is 0 Å². The summed E-state index contributed by atoms with van der Waals surface area (Å²) in [6.45, 7) is 0. The highest BCUT2D eigenvalue weighted by atomic mass is 32.2. The molecule has 2 aromatic carbocycles. The maximum absolute atomic E-state index is 13.4. The van der Waals surface area contributed by atoms with Crippen LogP contribution in [-0.4, -0.2) is 11.7 Å². The van der Waals surface area contributed by atoms with Gasteiger partial charge in [-0.2, -0.15) is 0 Å². The molecule has 4 heteroatoms.